The highest BCUT2D eigenvalue weighted by Gasteiger charge is 2.48. The minimum Gasteiger partial charge on any atom is -0.465 e. The SMILES string of the molecule is CCCCN1C(=O)[C@@H](C(=O)OCC)[C@@H](c2ccc(Cl)cc2Cl)n2c1nc1ccccc12. The molecule has 3 aromatic rings. The summed E-state index contributed by atoms with van der Waals surface area (Å²) in [6.45, 7) is 4.42. The van der Waals surface area contributed by atoms with Crippen LogP contribution in [0.5, 0.6) is 0 Å². The van der Waals surface area contributed by atoms with Gasteiger partial charge in [-0.2, -0.15) is 0 Å². The second kappa shape index (κ2) is 8.89. The molecule has 2 atom stereocenters. The summed E-state index contributed by atoms with van der Waals surface area (Å²) in [5.74, 6) is -1.48. The zero-order valence-electron chi connectivity index (χ0n) is 17.3. The van der Waals surface area contributed by atoms with Crippen molar-refractivity contribution in [2.75, 3.05) is 18.1 Å². The first-order valence-corrected chi connectivity index (χ1v) is 11.1. The Morgan fingerprint density at radius 3 is 2.65 bits per heavy atom. The molecule has 4 rings (SSSR count). The number of aromatic nitrogens is 2. The van der Waals surface area contributed by atoms with E-state index in [1.54, 1.807) is 30.0 Å². The number of halogens is 2. The standard InChI is InChI=1S/C23H23Cl2N3O3/c1-3-5-12-27-21(29)19(22(30)31-4-2)20(15-11-10-14(24)13-16(15)25)28-18-9-7-6-8-17(18)26-23(27)28/h6-11,13,19-20H,3-5,12H2,1-2H3/t19-,20+/m0/s1. The number of esters is 1. The maximum absolute atomic E-state index is 13.7. The van der Waals surface area contributed by atoms with Crippen LogP contribution in [-0.4, -0.2) is 34.6 Å². The third-order valence-electron chi connectivity index (χ3n) is 5.50. The van der Waals surface area contributed by atoms with Crippen LogP contribution in [0.2, 0.25) is 10.0 Å². The lowest BCUT2D eigenvalue weighted by atomic mass is 9.89. The van der Waals surface area contributed by atoms with E-state index in [0.29, 0.717) is 28.1 Å². The largest absolute Gasteiger partial charge is 0.465 e. The molecule has 0 saturated heterocycles. The van der Waals surface area contributed by atoms with Gasteiger partial charge in [-0.15, -0.1) is 0 Å². The van der Waals surface area contributed by atoms with E-state index in [1.165, 1.54) is 0 Å². The normalized spacial score (nSPS) is 18.3. The van der Waals surface area contributed by atoms with Crippen LogP contribution in [0, 0.1) is 5.92 Å². The molecule has 1 aromatic heterocycles. The zero-order valence-corrected chi connectivity index (χ0v) is 18.9. The number of unbranched alkanes of at least 4 members (excludes halogenated alkanes) is 1. The van der Waals surface area contributed by atoms with E-state index in [4.69, 9.17) is 32.9 Å². The van der Waals surface area contributed by atoms with E-state index in [2.05, 4.69) is 6.92 Å². The van der Waals surface area contributed by atoms with Crippen molar-refractivity contribution in [2.45, 2.75) is 32.7 Å². The van der Waals surface area contributed by atoms with Crippen molar-refractivity contribution in [3.63, 3.8) is 0 Å². The van der Waals surface area contributed by atoms with Crippen LogP contribution >= 0.6 is 23.2 Å². The first-order chi connectivity index (χ1) is 15.0. The number of ether oxygens (including phenoxy) is 1. The highest BCUT2D eigenvalue weighted by atomic mass is 35.5. The summed E-state index contributed by atoms with van der Waals surface area (Å²) in [6.07, 6.45) is 1.69. The molecule has 6 nitrogen and oxygen atoms in total. The van der Waals surface area contributed by atoms with Gasteiger partial charge in [0.2, 0.25) is 11.9 Å². The van der Waals surface area contributed by atoms with Crippen LogP contribution in [0.4, 0.5) is 5.95 Å². The Hall–Kier alpha value is -2.57. The second-order valence-corrected chi connectivity index (χ2v) is 8.30. The van der Waals surface area contributed by atoms with Gasteiger partial charge in [0.15, 0.2) is 5.92 Å². The number of fused-ring (bicyclic) bond motifs is 3. The molecule has 0 aliphatic carbocycles. The molecule has 1 amide bonds. The summed E-state index contributed by atoms with van der Waals surface area (Å²) in [5.41, 5.74) is 2.18. The number of amides is 1. The van der Waals surface area contributed by atoms with Crippen LogP contribution < -0.4 is 4.90 Å². The summed E-state index contributed by atoms with van der Waals surface area (Å²) < 4.78 is 7.27. The molecule has 2 heterocycles. The van der Waals surface area contributed by atoms with E-state index in [-0.39, 0.29) is 12.5 Å². The van der Waals surface area contributed by atoms with Crippen molar-refractivity contribution in [3.8, 4) is 0 Å². The van der Waals surface area contributed by atoms with Gasteiger partial charge in [-0.25, -0.2) is 4.98 Å². The van der Waals surface area contributed by atoms with Crippen molar-refractivity contribution >= 4 is 52.1 Å². The van der Waals surface area contributed by atoms with Gasteiger partial charge < -0.3 is 9.30 Å². The quantitative estimate of drug-likeness (QED) is 0.372. The maximum Gasteiger partial charge on any atom is 0.321 e. The Morgan fingerprint density at radius 1 is 1.16 bits per heavy atom. The number of hydrogen-bond acceptors (Lipinski definition) is 4. The zero-order chi connectivity index (χ0) is 22.1. The molecule has 0 unspecified atom stereocenters. The third-order valence-corrected chi connectivity index (χ3v) is 6.06. The Kier molecular flexibility index (Phi) is 6.21. The fraction of sp³-hybridized carbons (Fsp3) is 0.348. The Labute approximate surface area is 190 Å². The third kappa shape index (κ3) is 3.79. The average Bonchev–Trinajstić information content (AvgIpc) is 3.12. The molecule has 0 N–H and O–H groups in total. The van der Waals surface area contributed by atoms with E-state index >= 15 is 0 Å². The number of hydrogen-bond donors (Lipinski definition) is 0. The summed E-state index contributed by atoms with van der Waals surface area (Å²) in [7, 11) is 0. The molecule has 1 aliphatic heterocycles. The number of para-hydroxylation sites is 2. The predicted octanol–water partition coefficient (Wildman–Crippen LogP) is 5.26. The lowest BCUT2D eigenvalue weighted by molar-refractivity contribution is -0.153. The van der Waals surface area contributed by atoms with Gasteiger partial charge >= 0.3 is 5.97 Å². The molecule has 0 fully saturated rings. The molecule has 2 aromatic carbocycles. The number of imidazole rings is 1. The van der Waals surface area contributed by atoms with Crippen LogP contribution in [0.15, 0.2) is 42.5 Å². The smallest absolute Gasteiger partial charge is 0.321 e. The maximum atomic E-state index is 13.7. The molecular weight excluding hydrogens is 437 g/mol. The molecule has 0 spiro atoms. The molecule has 0 saturated carbocycles. The van der Waals surface area contributed by atoms with Crippen molar-refractivity contribution in [1.29, 1.82) is 0 Å². The fourth-order valence-corrected chi connectivity index (χ4v) is 4.62. The van der Waals surface area contributed by atoms with E-state index in [0.717, 1.165) is 23.9 Å². The number of carbonyl (C=O) groups excluding carboxylic acids is 2. The molecule has 0 radical (unpaired) electrons. The van der Waals surface area contributed by atoms with Gasteiger partial charge in [-0.1, -0.05) is 54.7 Å². The fourth-order valence-electron chi connectivity index (χ4n) is 4.10. The second-order valence-electron chi connectivity index (χ2n) is 7.45. The van der Waals surface area contributed by atoms with Gasteiger partial charge in [-0.05, 0) is 43.2 Å². The van der Waals surface area contributed by atoms with Crippen molar-refractivity contribution in [1.82, 2.24) is 9.55 Å². The molecule has 162 valence electrons. The van der Waals surface area contributed by atoms with Crippen LogP contribution in [0.25, 0.3) is 11.0 Å². The van der Waals surface area contributed by atoms with E-state index in [9.17, 15) is 9.59 Å². The minimum absolute atomic E-state index is 0.177. The number of benzene rings is 2. The van der Waals surface area contributed by atoms with Crippen molar-refractivity contribution in [2.24, 2.45) is 5.92 Å². The van der Waals surface area contributed by atoms with Gasteiger partial charge in [0, 0.05) is 16.6 Å². The van der Waals surface area contributed by atoms with Crippen molar-refractivity contribution < 1.29 is 14.3 Å². The monoisotopic (exact) mass is 459 g/mol. The van der Waals surface area contributed by atoms with Crippen LogP contribution in [0.3, 0.4) is 0 Å². The molecule has 31 heavy (non-hydrogen) atoms. The molecule has 0 bridgehead atoms. The average molecular weight is 460 g/mol. The van der Waals surface area contributed by atoms with Gasteiger partial charge in [0.25, 0.3) is 0 Å². The summed E-state index contributed by atoms with van der Waals surface area (Å²) in [4.78, 5) is 33.1. The molecule has 8 heteroatoms. The minimum atomic E-state index is -1.08. The van der Waals surface area contributed by atoms with Gasteiger partial charge in [0.1, 0.15) is 0 Å². The number of anilines is 1. The summed E-state index contributed by atoms with van der Waals surface area (Å²) >= 11 is 12.7. The lowest BCUT2D eigenvalue weighted by Gasteiger charge is -2.38. The Morgan fingerprint density at radius 2 is 1.94 bits per heavy atom. The van der Waals surface area contributed by atoms with Crippen LogP contribution in [0.1, 0.15) is 38.3 Å². The topological polar surface area (TPSA) is 64.4 Å². The van der Waals surface area contributed by atoms with Crippen LogP contribution in [-0.2, 0) is 14.3 Å². The van der Waals surface area contributed by atoms with E-state index in [1.807, 2.05) is 28.8 Å². The first-order valence-electron chi connectivity index (χ1n) is 10.4. The number of nitrogens with zero attached hydrogens (tertiary/aromatic N) is 3. The van der Waals surface area contributed by atoms with E-state index < -0.39 is 17.9 Å². The Bertz CT molecular complexity index is 1140. The number of rotatable bonds is 6. The number of carbonyl (C=O) groups is 2. The van der Waals surface area contributed by atoms with Crippen molar-refractivity contribution in [3.05, 3.63) is 58.1 Å². The summed E-state index contributed by atoms with van der Waals surface area (Å²) in [6, 6.07) is 12.0. The highest BCUT2D eigenvalue weighted by Crippen LogP contribution is 2.43. The Balaban J connectivity index is 2.00. The van der Waals surface area contributed by atoms with Gasteiger partial charge in [-0.3, -0.25) is 14.5 Å². The lowest BCUT2D eigenvalue weighted by Crippen LogP contribution is -2.50. The van der Waals surface area contributed by atoms with Gasteiger partial charge in [0.05, 0.1) is 23.7 Å². The predicted molar refractivity (Wildman–Crippen MR) is 122 cm³/mol. The molecule has 1 aliphatic rings. The molecular formula is C23H23Cl2N3O3. The summed E-state index contributed by atoms with van der Waals surface area (Å²) in [5, 5.41) is 0.856. The highest BCUT2D eigenvalue weighted by molar-refractivity contribution is 6.35. The first kappa shape index (κ1) is 21.7.